The van der Waals surface area contributed by atoms with E-state index in [9.17, 15) is 4.79 Å². The zero-order valence-electron chi connectivity index (χ0n) is 12.6. The fourth-order valence-corrected chi connectivity index (χ4v) is 3.39. The molecule has 0 bridgehead atoms. The number of likely N-dealkylation sites (tertiary alicyclic amines) is 1. The fraction of sp³-hybridized carbons (Fsp3) is 0.278. The Morgan fingerprint density at radius 1 is 1.13 bits per heavy atom. The summed E-state index contributed by atoms with van der Waals surface area (Å²) in [4.78, 5) is 14.6. The molecule has 2 aromatic rings. The Morgan fingerprint density at radius 3 is 2.70 bits per heavy atom. The number of hydrogen-bond acceptors (Lipinski definition) is 2. The van der Waals surface area contributed by atoms with E-state index in [4.69, 9.17) is 23.2 Å². The minimum absolute atomic E-state index is 0.0722. The lowest BCUT2D eigenvalue weighted by Crippen LogP contribution is -2.33. The summed E-state index contributed by atoms with van der Waals surface area (Å²) in [5, 5.41) is 3.67. The molecule has 2 aromatic carbocycles. The average Bonchev–Trinajstić information content (AvgIpc) is 3.00. The maximum atomic E-state index is 12.4. The molecule has 3 rings (SSSR count). The van der Waals surface area contributed by atoms with E-state index in [0.717, 1.165) is 19.4 Å². The maximum absolute atomic E-state index is 12.4. The molecular formula is C18H18Cl2N2O. The van der Waals surface area contributed by atoms with Crippen molar-refractivity contribution in [3.63, 3.8) is 0 Å². The average molecular weight is 349 g/mol. The van der Waals surface area contributed by atoms with Gasteiger partial charge in [0.2, 0.25) is 5.91 Å². The molecule has 1 aliphatic rings. The van der Waals surface area contributed by atoms with E-state index in [1.54, 1.807) is 18.2 Å². The molecule has 1 atom stereocenters. The third-order valence-corrected chi connectivity index (χ3v) is 4.94. The van der Waals surface area contributed by atoms with Gasteiger partial charge in [-0.3, -0.25) is 9.69 Å². The standard InChI is InChI=1S/C18H18Cl2N2O/c19-14-8-4-9-15(18(14)20)21-17(23)12-22-11-5-10-16(22)13-6-2-1-3-7-13/h1-4,6-9,16H,5,10-12H2,(H,21,23)/t16-/m1/s1. The van der Waals surface area contributed by atoms with Crippen LogP contribution in [0.4, 0.5) is 5.69 Å². The number of amides is 1. The van der Waals surface area contributed by atoms with Crippen LogP contribution in [0.3, 0.4) is 0 Å². The normalized spacial score (nSPS) is 18.1. The molecule has 1 amide bonds. The van der Waals surface area contributed by atoms with Crippen molar-refractivity contribution in [3.8, 4) is 0 Å². The van der Waals surface area contributed by atoms with Crippen LogP contribution in [0, 0.1) is 0 Å². The summed E-state index contributed by atoms with van der Waals surface area (Å²) in [6, 6.07) is 15.9. The molecule has 1 fully saturated rings. The third-order valence-electron chi connectivity index (χ3n) is 4.12. The van der Waals surface area contributed by atoms with Gasteiger partial charge in [0, 0.05) is 6.04 Å². The molecule has 0 aliphatic carbocycles. The first-order valence-corrected chi connectivity index (χ1v) is 8.43. The van der Waals surface area contributed by atoms with Crippen LogP contribution < -0.4 is 5.32 Å². The summed E-state index contributed by atoms with van der Waals surface area (Å²) in [5.41, 5.74) is 1.82. The first-order chi connectivity index (χ1) is 11.1. The van der Waals surface area contributed by atoms with Gasteiger partial charge >= 0.3 is 0 Å². The number of carbonyl (C=O) groups excluding carboxylic acids is 1. The van der Waals surface area contributed by atoms with E-state index >= 15 is 0 Å². The summed E-state index contributed by atoms with van der Waals surface area (Å²) in [7, 11) is 0. The SMILES string of the molecule is O=C(CN1CCC[C@@H]1c1ccccc1)Nc1cccc(Cl)c1Cl. The molecule has 1 heterocycles. The van der Waals surface area contributed by atoms with E-state index in [0.29, 0.717) is 28.3 Å². The second-order valence-electron chi connectivity index (χ2n) is 5.69. The number of nitrogens with zero attached hydrogens (tertiary/aromatic N) is 1. The first kappa shape index (κ1) is 16.3. The third kappa shape index (κ3) is 3.86. The molecule has 23 heavy (non-hydrogen) atoms. The number of benzene rings is 2. The van der Waals surface area contributed by atoms with Crippen molar-refractivity contribution >= 4 is 34.8 Å². The number of carbonyl (C=O) groups is 1. The minimum Gasteiger partial charge on any atom is -0.324 e. The molecule has 1 aliphatic heterocycles. The Morgan fingerprint density at radius 2 is 1.91 bits per heavy atom. The van der Waals surface area contributed by atoms with Crippen LogP contribution in [0.5, 0.6) is 0 Å². The topological polar surface area (TPSA) is 32.3 Å². The second kappa shape index (κ2) is 7.35. The first-order valence-electron chi connectivity index (χ1n) is 7.68. The molecule has 0 unspecified atom stereocenters. The quantitative estimate of drug-likeness (QED) is 0.862. The zero-order valence-corrected chi connectivity index (χ0v) is 14.1. The molecule has 0 aromatic heterocycles. The molecule has 3 nitrogen and oxygen atoms in total. The molecule has 120 valence electrons. The number of rotatable bonds is 4. The highest BCUT2D eigenvalue weighted by molar-refractivity contribution is 6.43. The highest BCUT2D eigenvalue weighted by Gasteiger charge is 2.27. The summed E-state index contributed by atoms with van der Waals surface area (Å²) in [5.74, 6) is -0.0722. The van der Waals surface area contributed by atoms with Gasteiger partial charge in [-0.1, -0.05) is 59.6 Å². The van der Waals surface area contributed by atoms with E-state index < -0.39 is 0 Å². The van der Waals surface area contributed by atoms with Crippen LogP contribution in [0.15, 0.2) is 48.5 Å². The van der Waals surface area contributed by atoms with Crippen molar-refractivity contribution in [2.75, 3.05) is 18.4 Å². The van der Waals surface area contributed by atoms with Crippen molar-refractivity contribution in [3.05, 3.63) is 64.1 Å². The van der Waals surface area contributed by atoms with Gasteiger partial charge in [-0.2, -0.15) is 0 Å². The van der Waals surface area contributed by atoms with E-state index in [1.807, 2.05) is 18.2 Å². The summed E-state index contributed by atoms with van der Waals surface area (Å²) >= 11 is 12.1. The lowest BCUT2D eigenvalue weighted by Gasteiger charge is -2.24. The monoisotopic (exact) mass is 348 g/mol. The van der Waals surface area contributed by atoms with E-state index in [1.165, 1.54) is 5.56 Å². The van der Waals surface area contributed by atoms with Crippen molar-refractivity contribution < 1.29 is 4.79 Å². The number of halogens is 2. The van der Waals surface area contributed by atoms with Crippen LogP contribution >= 0.6 is 23.2 Å². The predicted molar refractivity (Wildman–Crippen MR) is 95.1 cm³/mol. The highest BCUT2D eigenvalue weighted by Crippen LogP contribution is 2.32. The largest absolute Gasteiger partial charge is 0.324 e. The Hall–Kier alpha value is -1.55. The Kier molecular flexibility index (Phi) is 5.21. The van der Waals surface area contributed by atoms with Crippen molar-refractivity contribution in [2.24, 2.45) is 0 Å². The van der Waals surface area contributed by atoms with Crippen LogP contribution in [0.25, 0.3) is 0 Å². The molecule has 1 saturated heterocycles. The Bertz CT molecular complexity index is 691. The van der Waals surface area contributed by atoms with Gasteiger partial charge in [0.25, 0.3) is 0 Å². The predicted octanol–water partition coefficient (Wildman–Crippen LogP) is 4.77. The minimum atomic E-state index is -0.0722. The lowest BCUT2D eigenvalue weighted by atomic mass is 10.0. The lowest BCUT2D eigenvalue weighted by molar-refractivity contribution is -0.117. The molecule has 0 saturated carbocycles. The molecule has 1 N–H and O–H groups in total. The molecular weight excluding hydrogens is 331 g/mol. The van der Waals surface area contributed by atoms with Crippen LogP contribution in [-0.2, 0) is 4.79 Å². The summed E-state index contributed by atoms with van der Waals surface area (Å²) in [6.07, 6.45) is 2.18. The Labute approximate surface area is 146 Å². The van der Waals surface area contributed by atoms with Gasteiger partial charge < -0.3 is 5.32 Å². The van der Waals surface area contributed by atoms with Gasteiger partial charge in [0.05, 0.1) is 22.3 Å². The van der Waals surface area contributed by atoms with E-state index in [-0.39, 0.29) is 5.91 Å². The van der Waals surface area contributed by atoms with Crippen LogP contribution in [0.2, 0.25) is 10.0 Å². The van der Waals surface area contributed by atoms with Crippen LogP contribution in [-0.4, -0.2) is 23.9 Å². The molecule has 5 heteroatoms. The van der Waals surface area contributed by atoms with Crippen molar-refractivity contribution in [1.82, 2.24) is 4.90 Å². The van der Waals surface area contributed by atoms with Gasteiger partial charge in [-0.25, -0.2) is 0 Å². The van der Waals surface area contributed by atoms with Gasteiger partial charge in [0.15, 0.2) is 0 Å². The zero-order chi connectivity index (χ0) is 16.2. The van der Waals surface area contributed by atoms with Gasteiger partial charge in [-0.05, 0) is 37.1 Å². The Balaban J connectivity index is 1.66. The highest BCUT2D eigenvalue weighted by atomic mass is 35.5. The van der Waals surface area contributed by atoms with Crippen molar-refractivity contribution in [2.45, 2.75) is 18.9 Å². The maximum Gasteiger partial charge on any atom is 0.238 e. The molecule has 0 radical (unpaired) electrons. The molecule has 0 spiro atoms. The van der Waals surface area contributed by atoms with Gasteiger partial charge in [0.1, 0.15) is 0 Å². The number of hydrogen-bond donors (Lipinski definition) is 1. The number of anilines is 1. The fourth-order valence-electron chi connectivity index (χ4n) is 3.04. The van der Waals surface area contributed by atoms with Crippen LogP contribution in [0.1, 0.15) is 24.4 Å². The van der Waals surface area contributed by atoms with E-state index in [2.05, 4.69) is 22.3 Å². The van der Waals surface area contributed by atoms with Crippen molar-refractivity contribution in [1.29, 1.82) is 0 Å². The van der Waals surface area contributed by atoms with Gasteiger partial charge in [-0.15, -0.1) is 0 Å². The second-order valence-corrected chi connectivity index (χ2v) is 6.47. The smallest absolute Gasteiger partial charge is 0.238 e. The summed E-state index contributed by atoms with van der Waals surface area (Å²) in [6.45, 7) is 1.28. The number of nitrogens with one attached hydrogen (secondary N) is 1. The summed E-state index contributed by atoms with van der Waals surface area (Å²) < 4.78 is 0.